The molecule has 0 amide bonds. The van der Waals surface area contributed by atoms with Crippen LogP contribution < -0.4 is 5.73 Å². The summed E-state index contributed by atoms with van der Waals surface area (Å²) in [6, 6.07) is 11.8. The quantitative estimate of drug-likeness (QED) is 0.868. The first-order chi connectivity index (χ1) is 9.15. The molecule has 0 saturated heterocycles. The molecule has 3 N–H and O–H groups in total. The lowest BCUT2D eigenvalue weighted by molar-refractivity contribution is 0.120. The lowest BCUT2D eigenvalue weighted by Gasteiger charge is -2.20. The summed E-state index contributed by atoms with van der Waals surface area (Å²) in [5.74, 6) is 1.33. The van der Waals surface area contributed by atoms with Gasteiger partial charge in [0.1, 0.15) is 17.6 Å². The number of benzene rings is 1. The van der Waals surface area contributed by atoms with Crippen molar-refractivity contribution in [1.29, 1.82) is 0 Å². The lowest BCUT2D eigenvalue weighted by atomic mass is 9.91. The number of aryl methyl sites for hydroxylation is 2. The molecule has 2 atom stereocenters. The molecule has 0 spiro atoms. The molecule has 3 nitrogen and oxygen atoms in total. The Hall–Kier alpha value is -1.58. The van der Waals surface area contributed by atoms with Crippen LogP contribution in [-0.2, 0) is 6.42 Å². The van der Waals surface area contributed by atoms with Crippen molar-refractivity contribution in [3.63, 3.8) is 0 Å². The van der Waals surface area contributed by atoms with E-state index in [-0.39, 0.29) is 5.92 Å². The summed E-state index contributed by atoms with van der Waals surface area (Å²) in [7, 11) is 0. The van der Waals surface area contributed by atoms with Gasteiger partial charge in [0.05, 0.1) is 0 Å². The summed E-state index contributed by atoms with van der Waals surface area (Å²) in [5.41, 5.74) is 8.05. The molecule has 3 heteroatoms. The standard InChI is InChI=1S/C16H21NO2/c1-3-13-8-9-15(19-13)16(18)14(10-17)12-6-4-11(2)5-7-12/h4-9,14,16,18H,3,10,17H2,1-2H3. The van der Waals surface area contributed by atoms with Gasteiger partial charge in [0.2, 0.25) is 0 Å². The average Bonchev–Trinajstić information content (AvgIpc) is 2.90. The molecule has 0 aliphatic carbocycles. The minimum atomic E-state index is -0.701. The van der Waals surface area contributed by atoms with Crippen LogP contribution in [0.1, 0.15) is 41.6 Å². The molecule has 0 saturated carbocycles. The third-order valence-corrected chi connectivity index (χ3v) is 3.46. The molecule has 1 heterocycles. The van der Waals surface area contributed by atoms with Gasteiger partial charge in [0, 0.05) is 18.9 Å². The number of hydrogen-bond acceptors (Lipinski definition) is 3. The highest BCUT2D eigenvalue weighted by atomic mass is 16.4. The number of aliphatic hydroxyl groups is 1. The Morgan fingerprint density at radius 3 is 2.37 bits per heavy atom. The number of hydrogen-bond donors (Lipinski definition) is 2. The number of furan rings is 1. The highest BCUT2D eigenvalue weighted by molar-refractivity contribution is 5.27. The maximum atomic E-state index is 10.4. The van der Waals surface area contributed by atoms with Gasteiger partial charge in [0.25, 0.3) is 0 Å². The maximum absolute atomic E-state index is 10.4. The minimum absolute atomic E-state index is 0.142. The molecule has 1 aromatic carbocycles. The minimum Gasteiger partial charge on any atom is -0.463 e. The lowest BCUT2D eigenvalue weighted by Crippen LogP contribution is -2.19. The molecule has 0 aliphatic rings. The monoisotopic (exact) mass is 259 g/mol. The van der Waals surface area contributed by atoms with Crippen molar-refractivity contribution in [2.45, 2.75) is 32.3 Å². The van der Waals surface area contributed by atoms with Gasteiger partial charge in [-0.2, -0.15) is 0 Å². The molecular weight excluding hydrogens is 238 g/mol. The molecule has 0 bridgehead atoms. The third-order valence-electron chi connectivity index (χ3n) is 3.46. The Morgan fingerprint density at radius 1 is 1.16 bits per heavy atom. The summed E-state index contributed by atoms with van der Waals surface area (Å²) in [4.78, 5) is 0. The second-order valence-electron chi connectivity index (χ2n) is 4.86. The van der Waals surface area contributed by atoms with Crippen molar-refractivity contribution >= 4 is 0 Å². The zero-order valence-electron chi connectivity index (χ0n) is 11.5. The van der Waals surface area contributed by atoms with Crippen LogP contribution in [0, 0.1) is 6.92 Å². The van der Waals surface area contributed by atoms with E-state index in [4.69, 9.17) is 10.2 Å². The van der Waals surface area contributed by atoms with E-state index in [9.17, 15) is 5.11 Å². The van der Waals surface area contributed by atoms with E-state index in [0.717, 1.165) is 17.7 Å². The normalized spacial score (nSPS) is 14.3. The van der Waals surface area contributed by atoms with Crippen molar-refractivity contribution in [2.75, 3.05) is 6.54 Å². The molecule has 2 unspecified atom stereocenters. The second kappa shape index (κ2) is 6.04. The van der Waals surface area contributed by atoms with Crippen LogP contribution in [0.15, 0.2) is 40.8 Å². The molecule has 19 heavy (non-hydrogen) atoms. The highest BCUT2D eigenvalue weighted by Crippen LogP contribution is 2.31. The summed E-state index contributed by atoms with van der Waals surface area (Å²) in [6.07, 6.45) is 0.123. The fraction of sp³-hybridized carbons (Fsp3) is 0.375. The Kier molecular flexibility index (Phi) is 4.40. The summed E-state index contributed by atoms with van der Waals surface area (Å²) >= 11 is 0. The first-order valence-electron chi connectivity index (χ1n) is 6.69. The van der Waals surface area contributed by atoms with Crippen LogP contribution in [0.4, 0.5) is 0 Å². The number of aliphatic hydroxyl groups excluding tert-OH is 1. The van der Waals surface area contributed by atoms with Gasteiger partial charge in [-0.05, 0) is 24.6 Å². The smallest absolute Gasteiger partial charge is 0.133 e. The van der Waals surface area contributed by atoms with Crippen molar-refractivity contribution in [3.05, 3.63) is 59.0 Å². The molecule has 0 radical (unpaired) electrons. The van der Waals surface area contributed by atoms with Gasteiger partial charge in [-0.1, -0.05) is 36.8 Å². The topological polar surface area (TPSA) is 59.4 Å². The summed E-state index contributed by atoms with van der Waals surface area (Å²) in [5, 5.41) is 10.4. The predicted molar refractivity (Wildman–Crippen MR) is 76.0 cm³/mol. The Bertz CT molecular complexity index is 516. The fourth-order valence-electron chi connectivity index (χ4n) is 2.20. The summed E-state index contributed by atoms with van der Waals surface area (Å²) < 4.78 is 5.62. The molecule has 102 valence electrons. The number of rotatable bonds is 5. The van der Waals surface area contributed by atoms with Gasteiger partial charge in [-0.15, -0.1) is 0 Å². The first-order valence-corrected chi connectivity index (χ1v) is 6.69. The van der Waals surface area contributed by atoms with E-state index in [1.807, 2.05) is 50.2 Å². The Balaban J connectivity index is 2.23. The Labute approximate surface area is 114 Å². The fourth-order valence-corrected chi connectivity index (χ4v) is 2.20. The third kappa shape index (κ3) is 3.06. The zero-order valence-corrected chi connectivity index (χ0v) is 11.5. The average molecular weight is 259 g/mol. The van der Waals surface area contributed by atoms with Crippen LogP contribution in [0.2, 0.25) is 0 Å². The highest BCUT2D eigenvalue weighted by Gasteiger charge is 2.24. The van der Waals surface area contributed by atoms with Crippen molar-refractivity contribution in [1.82, 2.24) is 0 Å². The van der Waals surface area contributed by atoms with Crippen LogP contribution in [0.5, 0.6) is 0 Å². The van der Waals surface area contributed by atoms with E-state index in [2.05, 4.69) is 0 Å². The van der Waals surface area contributed by atoms with Crippen LogP contribution in [-0.4, -0.2) is 11.7 Å². The van der Waals surface area contributed by atoms with Crippen LogP contribution in [0.25, 0.3) is 0 Å². The van der Waals surface area contributed by atoms with Crippen molar-refractivity contribution in [3.8, 4) is 0 Å². The van der Waals surface area contributed by atoms with Crippen LogP contribution in [0.3, 0.4) is 0 Å². The van der Waals surface area contributed by atoms with Gasteiger partial charge in [-0.25, -0.2) is 0 Å². The largest absolute Gasteiger partial charge is 0.463 e. The molecule has 0 aliphatic heterocycles. The van der Waals surface area contributed by atoms with E-state index in [1.165, 1.54) is 5.56 Å². The van der Waals surface area contributed by atoms with Crippen molar-refractivity contribution < 1.29 is 9.52 Å². The molecular formula is C16H21NO2. The van der Waals surface area contributed by atoms with Gasteiger partial charge >= 0.3 is 0 Å². The predicted octanol–water partition coefficient (Wildman–Crippen LogP) is 2.93. The van der Waals surface area contributed by atoms with E-state index < -0.39 is 6.10 Å². The zero-order chi connectivity index (χ0) is 13.8. The van der Waals surface area contributed by atoms with Gasteiger partial charge in [0.15, 0.2) is 0 Å². The van der Waals surface area contributed by atoms with Crippen molar-refractivity contribution in [2.24, 2.45) is 5.73 Å². The molecule has 1 aromatic heterocycles. The van der Waals surface area contributed by atoms with Gasteiger partial charge < -0.3 is 15.3 Å². The SMILES string of the molecule is CCc1ccc(C(O)C(CN)c2ccc(C)cc2)o1. The number of nitrogens with two attached hydrogens (primary N) is 1. The molecule has 0 fully saturated rings. The van der Waals surface area contributed by atoms with E-state index >= 15 is 0 Å². The van der Waals surface area contributed by atoms with Gasteiger partial charge in [-0.3, -0.25) is 0 Å². The first kappa shape index (κ1) is 13.8. The molecule has 2 rings (SSSR count). The summed E-state index contributed by atoms with van der Waals surface area (Å²) in [6.45, 7) is 4.44. The maximum Gasteiger partial charge on any atom is 0.133 e. The van der Waals surface area contributed by atoms with Crippen LogP contribution >= 0.6 is 0 Å². The van der Waals surface area contributed by atoms with E-state index in [1.54, 1.807) is 0 Å². The second-order valence-corrected chi connectivity index (χ2v) is 4.86. The van der Waals surface area contributed by atoms with E-state index in [0.29, 0.717) is 12.3 Å². The Morgan fingerprint density at radius 2 is 1.84 bits per heavy atom. The molecule has 2 aromatic rings.